The molecule has 1 saturated heterocycles. The van der Waals surface area contributed by atoms with E-state index in [-0.39, 0.29) is 35.3 Å². The first-order valence-electron chi connectivity index (χ1n) is 12.8. The number of hydrogen-bond donors (Lipinski definition) is 1. The third-order valence-electron chi connectivity index (χ3n) is 6.88. The molecule has 6 nitrogen and oxygen atoms in total. The lowest BCUT2D eigenvalue weighted by atomic mass is 9.88. The summed E-state index contributed by atoms with van der Waals surface area (Å²) in [6.07, 6.45) is -4.40. The number of fused-ring (bicyclic) bond motifs is 1. The molecule has 1 fully saturated rings. The van der Waals surface area contributed by atoms with Gasteiger partial charge < -0.3 is 15.0 Å². The lowest BCUT2D eigenvalue weighted by Gasteiger charge is -2.32. The number of sulfone groups is 1. The molecule has 1 N–H and O–H groups in total. The molecular weight excluding hydrogens is 578 g/mol. The fourth-order valence-electron chi connectivity index (χ4n) is 4.86. The highest BCUT2D eigenvalue weighted by Crippen LogP contribution is 2.38. The molecule has 0 spiro atoms. The van der Waals surface area contributed by atoms with Crippen LogP contribution < -0.4 is 10.1 Å². The number of hydrogen-bond acceptors (Lipinski definition) is 7. The van der Waals surface area contributed by atoms with E-state index < -0.39 is 28.6 Å². The van der Waals surface area contributed by atoms with Gasteiger partial charge in [0.25, 0.3) is 0 Å². The third-order valence-corrected chi connectivity index (χ3v) is 9.23. The van der Waals surface area contributed by atoms with Gasteiger partial charge in [0.15, 0.2) is 16.4 Å². The monoisotopic (exact) mass is 607 g/mol. The Bertz CT molecular complexity index is 1620. The zero-order valence-corrected chi connectivity index (χ0v) is 24.1. The second-order valence-corrected chi connectivity index (χ2v) is 13.1. The van der Waals surface area contributed by atoms with Crippen molar-refractivity contribution in [1.29, 1.82) is 5.26 Å². The summed E-state index contributed by atoms with van der Waals surface area (Å²) in [7, 11) is -1.64. The van der Waals surface area contributed by atoms with Crippen molar-refractivity contribution in [1.82, 2.24) is 4.90 Å². The Balaban J connectivity index is 1.61. The minimum absolute atomic E-state index is 0.0132. The van der Waals surface area contributed by atoms with Crippen molar-refractivity contribution in [3.63, 3.8) is 0 Å². The predicted octanol–water partition coefficient (Wildman–Crippen LogP) is 5.61. The van der Waals surface area contributed by atoms with E-state index >= 15 is 0 Å². The van der Waals surface area contributed by atoms with Gasteiger partial charge in [-0.25, -0.2) is 12.8 Å². The van der Waals surface area contributed by atoms with E-state index in [4.69, 9.17) is 10.00 Å². The molecule has 0 amide bonds. The minimum Gasteiger partial charge on any atom is -0.477 e. The molecule has 2 unspecified atom stereocenters. The van der Waals surface area contributed by atoms with E-state index in [9.17, 15) is 26.0 Å². The van der Waals surface area contributed by atoms with Gasteiger partial charge in [-0.15, -0.1) is 11.3 Å². The van der Waals surface area contributed by atoms with Crippen molar-refractivity contribution >= 4 is 36.9 Å². The molecule has 2 atom stereocenters. The largest absolute Gasteiger partial charge is 0.477 e. The molecule has 4 rings (SSSR count). The van der Waals surface area contributed by atoms with Crippen LogP contribution in [0.4, 0.5) is 23.2 Å². The number of benzene rings is 2. The maximum atomic E-state index is 14.7. The number of ether oxygens (including phenoxy) is 1. The number of thiophene rings is 1. The first-order chi connectivity index (χ1) is 19.4. The van der Waals surface area contributed by atoms with Gasteiger partial charge >= 0.3 is 6.18 Å². The Hall–Kier alpha value is -3.32. The minimum atomic E-state index is -4.44. The highest BCUT2D eigenvalue weighted by Gasteiger charge is 2.32. The van der Waals surface area contributed by atoms with Crippen molar-refractivity contribution in [2.75, 3.05) is 44.9 Å². The van der Waals surface area contributed by atoms with Gasteiger partial charge in [-0.05, 0) is 61.0 Å². The predicted molar refractivity (Wildman–Crippen MR) is 152 cm³/mol. The molecule has 41 heavy (non-hydrogen) atoms. The first-order valence-corrected chi connectivity index (χ1v) is 15.6. The van der Waals surface area contributed by atoms with Gasteiger partial charge in [0, 0.05) is 23.6 Å². The highest BCUT2D eigenvalue weighted by molar-refractivity contribution is 7.90. The van der Waals surface area contributed by atoms with Gasteiger partial charge in [0.2, 0.25) is 0 Å². The Labute approximate surface area is 240 Å². The molecule has 0 bridgehead atoms. The first kappa shape index (κ1) is 30.6. The zero-order chi connectivity index (χ0) is 29.8. The Morgan fingerprint density at radius 2 is 2.02 bits per heavy atom. The maximum absolute atomic E-state index is 14.7. The quantitative estimate of drug-likeness (QED) is 0.265. The van der Waals surface area contributed by atoms with Crippen molar-refractivity contribution in [2.45, 2.75) is 36.5 Å². The van der Waals surface area contributed by atoms with Crippen LogP contribution in [0.25, 0.3) is 10.1 Å². The summed E-state index contributed by atoms with van der Waals surface area (Å²) < 4.78 is 85.3. The van der Waals surface area contributed by atoms with Crippen LogP contribution >= 0.6 is 11.3 Å². The smallest absolute Gasteiger partial charge is 0.393 e. The van der Waals surface area contributed by atoms with Crippen LogP contribution in [0.1, 0.15) is 22.4 Å². The maximum Gasteiger partial charge on any atom is 0.393 e. The number of halogens is 4. The van der Waals surface area contributed by atoms with E-state index in [1.165, 1.54) is 29.5 Å². The van der Waals surface area contributed by atoms with Crippen molar-refractivity contribution in [3.8, 4) is 23.7 Å². The number of nitriles is 1. The number of likely N-dealkylation sites (tertiary alicyclic amines) is 1. The van der Waals surface area contributed by atoms with Crippen LogP contribution in [0, 0.1) is 29.1 Å². The number of nitrogens with zero attached hydrogens (tertiary/aromatic N) is 2. The number of piperidine rings is 1. The van der Waals surface area contributed by atoms with Crippen LogP contribution in [0.5, 0.6) is 5.75 Å². The normalized spacial score (nSPS) is 18.0. The lowest BCUT2D eigenvalue weighted by molar-refractivity contribution is -0.126. The zero-order valence-electron chi connectivity index (χ0n) is 22.5. The molecule has 0 aliphatic carbocycles. The van der Waals surface area contributed by atoms with E-state index in [0.29, 0.717) is 40.0 Å². The summed E-state index contributed by atoms with van der Waals surface area (Å²) in [5.74, 6) is 5.67. The molecular formula is C29H29F4N3O3S2. The topological polar surface area (TPSA) is 82.4 Å². The second kappa shape index (κ2) is 12.7. The number of nitrogens with one attached hydrogen (secondary N) is 1. The second-order valence-electron chi connectivity index (χ2n) is 10.1. The number of alkyl halides is 4. The standard InChI is InChI=1S/C29H29F4N3O3S2/c1-36-13-10-19(24(30)18-36)15-20-5-3-6-22-23(17-29(31,32)33)27(40-28(20)22)7-4-12-35-25-9-8-21(41(2,37)38)16-26(25)39-14-11-34/h3,5-6,8-9,16,19,24,35H,10,12-15,17-18H2,1-2H3. The molecule has 0 saturated carbocycles. The van der Waals surface area contributed by atoms with E-state index in [1.54, 1.807) is 12.1 Å². The van der Waals surface area contributed by atoms with Gasteiger partial charge in [-0.1, -0.05) is 30.0 Å². The molecule has 1 aliphatic rings. The SMILES string of the molecule is CN1CCC(Cc2cccc3c(CC(F)(F)F)c(C#CCNc4ccc(S(C)(=O)=O)cc4OCC#N)sc23)C(F)C1. The Morgan fingerprint density at radius 3 is 2.71 bits per heavy atom. The van der Waals surface area contributed by atoms with Crippen LogP contribution in [0.15, 0.2) is 41.3 Å². The molecule has 2 aromatic carbocycles. The molecule has 1 aromatic heterocycles. The molecule has 0 radical (unpaired) electrons. The van der Waals surface area contributed by atoms with Gasteiger partial charge in [0.1, 0.15) is 18.0 Å². The average Bonchev–Trinajstić information content (AvgIpc) is 3.23. The average molecular weight is 608 g/mol. The number of anilines is 1. The fourth-order valence-corrected chi connectivity index (χ4v) is 6.71. The molecule has 2 heterocycles. The summed E-state index contributed by atoms with van der Waals surface area (Å²) in [6.45, 7) is 0.829. The van der Waals surface area contributed by atoms with Crippen LogP contribution in [-0.2, 0) is 22.7 Å². The fraction of sp³-hybridized carbons (Fsp3) is 0.414. The Morgan fingerprint density at radius 1 is 1.24 bits per heavy atom. The van der Waals surface area contributed by atoms with E-state index in [0.717, 1.165) is 18.4 Å². The summed E-state index contributed by atoms with van der Waals surface area (Å²) in [5, 5.41) is 12.3. The van der Waals surface area contributed by atoms with Crippen molar-refractivity contribution in [2.24, 2.45) is 5.92 Å². The highest BCUT2D eigenvalue weighted by atomic mass is 32.2. The van der Waals surface area contributed by atoms with Crippen molar-refractivity contribution < 1.29 is 30.7 Å². The molecule has 1 aliphatic heterocycles. The Kier molecular flexibility index (Phi) is 9.48. The van der Waals surface area contributed by atoms with Crippen LogP contribution in [-0.4, -0.2) is 65.2 Å². The summed E-state index contributed by atoms with van der Waals surface area (Å²) in [4.78, 5) is 2.24. The van der Waals surface area contributed by atoms with Crippen LogP contribution in [0.2, 0.25) is 0 Å². The summed E-state index contributed by atoms with van der Waals surface area (Å²) in [5.41, 5.74) is 1.31. The van der Waals surface area contributed by atoms with Gasteiger partial charge in [-0.2, -0.15) is 18.4 Å². The van der Waals surface area contributed by atoms with E-state index in [2.05, 4.69) is 17.2 Å². The number of rotatable bonds is 8. The third kappa shape index (κ3) is 7.91. The molecule has 3 aromatic rings. The summed E-state index contributed by atoms with van der Waals surface area (Å²) >= 11 is 1.19. The van der Waals surface area contributed by atoms with E-state index in [1.807, 2.05) is 24.1 Å². The lowest BCUT2D eigenvalue weighted by Crippen LogP contribution is -2.40. The van der Waals surface area contributed by atoms with Crippen LogP contribution in [0.3, 0.4) is 0 Å². The van der Waals surface area contributed by atoms with Gasteiger partial charge in [0.05, 0.1) is 28.4 Å². The molecule has 218 valence electrons. The summed E-state index contributed by atoms with van der Waals surface area (Å²) in [6, 6.07) is 11.2. The van der Waals surface area contributed by atoms with Crippen molar-refractivity contribution in [3.05, 3.63) is 52.4 Å². The molecule has 12 heteroatoms. The van der Waals surface area contributed by atoms with Gasteiger partial charge in [-0.3, -0.25) is 0 Å².